The molecule has 3 heteroatoms. The molecule has 2 nitrogen and oxygen atoms in total. The van der Waals surface area contributed by atoms with E-state index in [9.17, 15) is 0 Å². The molecule has 0 fully saturated rings. The molecular formula is C10H18INO. The lowest BCUT2D eigenvalue weighted by molar-refractivity contribution is 0.0568. The third kappa shape index (κ3) is 2.82. The molecule has 0 aliphatic carbocycles. The minimum atomic E-state index is 0.299. The lowest BCUT2D eigenvalue weighted by Crippen LogP contribution is -2.28. The van der Waals surface area contributed by atoms with Gasteiger partial charge >= 0.3 is 0 Å². The number of nitrogens with zero attached hydrogens (tertiary/aromatic N) is 1. The van der Waals surface area contributed by atoms with Crippen LogP contribution in [0.2, 0.25) is 0 Å². The molecule has 0 saturated heterocycles. The highest BCUT2D eigenvalue weighted by Gasteiger charge is 2.33. The highest BCUT2D eigenvalue weighted by atomic mass is 127. The molecule has 0 radical (unpaired) electrons. The van der Waals surface area contributed by atoms with Gasteiger partial charge in [-0.25, -0.2) is 0 Å². The Kier molecular flexibility index (Phi) is 4.49. The van der Waals surface area contributed by atoms with Gasteiger partial charge in [0.2, 0.25) is 0 Å². The summed E-state index contributed by atoms with van der Waals surface area (Å²) < 4.78 is 0.490. The first kappa shape index (κ1) is 11.3. The van der Waals surface area contributed by atoms with Crippen molar-refractivity contribution < 1.29 is 4.84 Å². The van der Waals surface area contributed by atoms with E-state index in [4.69, 9.17) is 4.84 Å². The van der Waals surface area contributed by atoms with E-state index in [1.165, 1.54) is 18.6 Å². The van der Waals surface area contributed by atoms with Crippen LogP contribution in [0.5, 0.6) is 0 Å². The highest BCUT2D eigenvalue weighted by molar-refractivity contribution is 14.1. The summed E-state index contributed by atoms with van der Waals surface area (Å²) in [5.41, 5.74) is 1.25. The molecule has 1 rings (SSSR count). The van der Waals surface area contributed by atoms with Crippen molar-refractivity contribution in [2.24, 2.45) is 11.1 Å². The molecule has 1 aliphatic rings. The second kappa shape index (κ2) is 5.17. The third-order valence-electron chi connectivity index (χ3n) is 2.34. The Hall–Kier alpha value is 0.200. The first-order chi connectivity index (χ1) is 6.16. The molecule has 13 heavy (non-hydrogen) atoms. The van der Waals surface area contributed by atoms with Crippen molar-refractivity contribution >= 4 is 28.3 Å². The topological polar surface area (TPSA) is 21.6 Å². The van der Waals surface area contributed by atoms with Gasteiger partial charge in [-0.1, -0.05) is 54.9 Å². The smallest absolute Gasteiger partial charge is 0.146 e. The van der Waals surface area contributed by atoms with Crippen LogP contribution in [0.15, 0.2) is 5.16 Å². The fraction of sp³-hybridized carbons (Fsp3) is 0.900. The summed E-state index contributed by atoms with van der Waals surface area (Å²) in [4.78, 5) is 5.42. The number of rotatable bonds is 4. The number of alkyl halides is 1. The molecule has 0 bridgehead atoms. The number of hydrogen-bond donors (Lipinski definition) is 0. The fourth-order valence-electron chi connectivity index (χ4n) is 1.42. The molecule has 0 aromatic rings. The van der Waals surface area contributed by atoms with Gasteiger partial charge in [-0.05, 0) is 18.8 Å². The quantitative estimate of drug-likeness (QED) is 0.575. The summed E-state index contributed by atoms with van der Waals surface area (Å²) in [5, 5.41) is 4.17. The molecule has 0 saturated carbocycles. The molecule has 1 heterocycles. The lowest BCUT2D eigenvalue weighted by atomic mass is 10.00. The largest absolute Gasteiger partial charge is 0.391 e. The highest BCUT2D eigenvalue weighted by Crippen LogP contribution is 2.27. The molecule has 0 aromatic carbocycles. The predicted molar refractivity (Wildman–Crippen MR) is 64.5 cm³/mol. The Morgan fingerprint density at radius 3 is 2.69 bits per heavy atom. The predicted octanol–water partition coefficient (Wildman–Crippen LogP) is 3.39. The van der Waals surface area contributed by atoms with Gasteiger partial charge in [0, 0.05) is 0 Å². The van der Waals surface area contributed by atoms with Crippen LogP contribution in [-0.4, -0.2) is 15.7 Å². The zero-order chi connectivity index (χ0) is 9.84. The van der Waals surface area contributed by atoms with Gasteiger partial charge in [0.25, 0.3) is 0 Å². The molecule has 0 aromatic heterocycles. The maximum Gasteiger partial charge on any atom is 0.146 e. The average Bonchev–Trinajstić information content (AvgIpc) is 2.43. The van der Waals surface area contributed by atoms with Gasteiger partial charge in [0.15, 0.2) is 0 Å². The Morgan fingerprint density at radius 2 is 2.23 bits per heavy atom. The van der Waals surface area contributed by atoms with Crippen LogP contribution in [0.25, 0.3) is 0 Å². The Bertz CT molecular complexity index is 191. The number of halogens is 1. The molecular weight excluding hydrogens is 277 g/mol. The minimum absolute atomic E-state index is 0.299. The van der Waals surface area contributed by atoms with Crippen molar-refractivity contribution in [2.45, 2.75) is 50.1 Å². The first-order valence-electron chi connectivity index (χ1n) is 5.03. The average molecular weight is 295 g/mol. The van der Waals surface area contributed by atoms with E-state index in [1.54, 1.807) is 0 Å². The van der Waals surface area contributed by atoms with Gasteiger partial charge in [-0.15, -0.1) is 0 Å². The van der Waals surface area contributed by atoms with E-state index >= 15 is 0 Å². The SMILES string of the molecule is CCCCC1=NOC(C(C)C)C1I. The number of oxime groups is 1. The van der Waals surface area contributed by atoms with Crippen molar-refractivity contribution in [3.8, 4) is 0 Å². The van der Waals surface area contributed by atoms with Gasteiger partial charge < -0.3 is 4.84 Å². The fourth-order valence-corrected chi connectivity index (χ4v) is 2.81. The second-order valence-corrected chi connectivity index (χ2v) is 5.24. The standard InChI is InChI=1S/C10H18INO/c1-4-5-6-8-9(11)10(7(2)3)13-12-8/h7,9-10H,4-6H2,1-3H3. The van der Waals surface area contributed by atoms with Crippen LogP contribution in [-0.2, 0) is 4.84 Å². The number of hydrogen-bond acceptors (Lipinski definition) is 2. The van der Waals surface area contributed by atoms with Gasteiger partial charge in [0.1, 0.15) is 6.10 Å². The van der Waals surface area contributed by atoms with Crippen LogP contribution in [0.1, 0.15) is 40.0 Å². The maximum absolute atomic E-state index is 5.42. The molecule has 1 aliphatic heterocycles. The van der Waals surface area contributed by atoms with E-state index in [1.807, 2.05) is 0 Å². The van der Waals surface area contributed by atoms with Crippen molar-refractivity contribution in [2.75, 3.05) is 0 Å². The molecule has 0 amide bonds. The third-order valence-corrected chi connectivity index (χ3v) is 3.77. The van der Waals surface area contributed by atoms with E-state index in [2.05, 4.69) is 48.5 Å². The zero-order valence-electron chi connectivity index (χ0n) is 8.59. The summed E-state index contributed by atoms with van der Waals surface area (Å²) in [6, 6.07) is 0. The van der Waals surface area contributed by atoms with Gasteiger partial charge in [0.05, 0.1) is 9.64 Å². The summed E-state index contributed by atoms with van der Waals surface area (Å²) in [5.74, 6) is 0.560. The molecule has 76 valence electrons. The summed E-state index contributed by atoms with van der Waals surface area (Å²) in [6.45, 7) is 6.59. The lowest BCUT2D eigenvalue weighted by Gasteiger charge is -2.16. The minimum Gasteiger partial charge on any atom is -0.391 e. The van der Waals surface area contributed by atoms with Crippen molar-refractivity contribution in [1.82, 2.24) is 0 Å². The second-order valence-electron chi connectivity index (χ2n) is 3.90. The Morgan fingerprint density at radius 1 is 1.54 bits per heavy atom. The van der Waals surface area contributed by atoms with Gasteiger partial charge in [-0.2, -0.15) is 0 Å². The molecule has 2 atom stereocenters. The van der Waals surface area contributed by atoms with Crippen molar-refractivity contribution in [3.05, 3.63) is 0 Å². The summed E-state index contributed by atoms with van der Waals surface area (Å²) in [6.07, 6.45) is 3.86. The zero-order valence-corrected chi connectivity index (χ0v) is 10.7. The molecule has 0 N–H and O–H groups in total. The monoisotopic (exact) mass is 295 g/mol. The van der Waals surface area contributed by atoms with E-state index in [0.29, 0.717) is 15.9 Å². The van der Waals surface area contributed by atoms with Crippen molar-refractivity contribution in [1.29, 1.82) is 0 Å². The summed E-state index contributed by atoms with van der Waals surface area (Å²) in [7, 11) is 0. The number of unbranched alkanes of at least 4 members (excludes halogenated alkanes) is 1. The van der Waals surface area contributed by atoms with Gasteiger partial charge in [-0.3, -0.25) is 0 Å². The molecule has 0 spiro atoms. The van der Waals surface area contributed by atoms with E-state index in [0.717, 1.165) is 6.42 Å². The Labute approximate surface area is 94.2 Å². The van der Waals surface area contributed by atoms with Crippen LogP contribution < -0.4 is 0 Å². The Balaban J connectivity index is 2.43. The normalized spacial score (nSPS) is 27.6. The summed E-state index contributed by atoms with van der Waals surface area (Å²) >= 11 is 2.46. The maximum atomic E-state index is 5.42. The van der Waals surface area contributed by atoms with Crippen LogP contribution >= 0.6 is 22.6 Å². The van der Waals surface area contributed by atoms with E-state index < -0.39 is 0 Å². The first-order valence-corrected chi connectivity index (χ1v) is 6.28. The van der Waals surface area contributed by atoms with Crippen LogP contribution in [0, 0.1) is 5.92 Å². The van der Waals surface area contributed by atoms with Crippen LogP contribution in [0.3, 0.4) is 0 Å². The van der Waals surface area contributed by atoms with E-state index in [-0.39, 0.29) is 0 Å². The molecule has 2 unspecified atom stereocenters. The van der Waals surface area contributed by atoms with Crippen LogP contribution in [0.4, 0.5) is 0 Å². The van der Waals surface area contributed by atoms with Crippen molar-refractivity contribution in [3.63, 3.8) is 0 Å².